The highest BCUT2D eigenvalue weighted by atomic mass is 35.5. The summed E-state index contributed by atoms with van der Waals surface area (Å²) in [7, 11) is 0. The van der Waals surface area contributed by atoms with Crippen LogP contribution >= 0.6 is 11.6 Å². The zero-order valence-corrected chi connectivity index (χ0v) is 9.32. The van der Waals surface area contributed by atoms with Crippen LogP contribution in [0.3, 0.4) is 0 Å². The van der Waals surface area contributed by atoms with E-state index in [4.69, 9.17) is 11.6 Å². The number of hydrogen-bond acceptors (Lipinski definition) is 5. The van der Waals surface area contributed by atoms with Crippen LogP contribution in [-0.4, -0.2) is 19.7 Å². The lowest BCUT2D eigenvalue weighted by Crippen LogP contribution is -2.33. The van der Waals surface area contributed by atoms with Crippen molar-refractivity contribution in [2.45, 2.75) is 6.54 Å². The second kappa shape index (κ2) is 3.70. The van der Waals surface area contributed by atoms with Gasteiger partial charge < -0.3 is 5.21 Å². The lowest BCUT2D eigenvalue weighted by atomic mass is 10.2. The summed E-state index contributed by atoms with van der Waals surface area (Å²) in [4.78, 5) is 5.71. The summed E-state index contributed by atoms with van der Waals surface area (Å²) in [5, 5.41) is 21.4. The van der Waals surface area contributed by atoms with Crippen molar-refractivity contribution in [2.75, 3.05) is 5.12 Å². The Balaban J connectivity index is 2.03. The summed E-state index contributed by atoms with van der Waals surface area (Å²) in [6.07, 6.45) is 2.85. The van der Waals surface area contributed by atoms with Gasteiger partial charge >= 0.3 is 0 Å². The molecule has 0 unspecified atom stereocenters. The highest BCUT2D eigenvalue weighted by Gasteiger charge is 2.24. The highest BCUT2D eigenvalue weighted by Crippen LogP contribution is 2.27. The third-order valence-corrected chi connectivity index (χ3v) is 2.63. The summed E-state index contributed by atoms with van der Waals surface area (Å²) in [6, 6.07) is 5.12. The Bertz CT molecular complexity index is 581. The lowest BCUT2D eigenvalue weighted by Gasteiger charge is -2.19. The first-order chi connectivity index (χ1) is 8.24. The third-order valence-electron chi connectivity index (χ3n) is 2.39. The number of rotatable bonds is 1. The zero-order valence-electron chi connectivity index (χ0n) is 8.56. The van der Waals surface area contributed by atoms with Gasteiger partial charge in [0.25, 0.3) is 0 Å². The highest BCUT2D eigenvalue weighted by molar-refractivity contribution is 6.30. The maximum atomic E-state index is 11.7. The van der Waals surface area contributed by atoms with Crippen LogP contribution in [0.2, 0.25) is 5.02 Å². The number of fused-ring (bicyclic) bond motifs is 1. The first-order valence-corrected chi connectivity index (χ1v) is 5.21. The van der Waals surface area contributed by atoms with Crippen molar-refractivity contribution in [3.05, 3.63) is 46.6 Å². The lowest BCUT2D eigenvalue weighted by molar-refractivity contribution is -0.450. The van der Waals surface area contributed by atoms with Crippen LogP contribution in [0.25, 0.3) is 0 Å². The number of benzene rings is 1. The fourth-order valence-electron chi connectivity index (χ4n) is 1.61. The van der Waals surface area contributed by atoms with E-state index < -0.39 is 0 Å². The molecule has 0 bridgehead atoms. The molecular weight excluding hydrogens is 244 g/mol. The van der Waals surface area contributed by atoms with Gasteiger partial charge in [0.2, 0.25) is 0 Å². The number of aromatic nitrogens is 3. The maximum Gasteiger partial charge on any atom is 0.166 e. The van der Waals surface area contributed by atoms with E-state index in [9.17, 15) is 5.21 Å². The van der Waals surface area contributed by atoms with E-state index in [1.165, 1.54) is 22.6 Å². The minimum atomic E-state index is 0.439. The molecular formula is C9H7ClN6O. The van der Waals surface area contributed by atoms with Crippen molar-refractivity contribution in [2.24, 2.45) is 5.22 Å². The van der Waals surface area contributed by atoms with Gasteiger partial charge in [0.15, 0.2) is 18.6 Å². The molecule has 0 atom stereocenters. The van der Waals surface area contributed by atoms with Gasteiger partial charge in [0, 0.05) is 16.7 Å². The SMILES string of the molecule is [O-][N+]1=NN(n2cncn2)Cc2ccc(Cl)cc21. The molecule has 1 aromatic carbocycles. The standard InChI is InChI=1S/C9H7ClN6O/c10-8-2-1-7-4-14(15-6-11-5-12-15)13-16(17)9(7)3-8/h1-3,5-6H,4H2. The van der Waals surface area contributed by atoms with Gasteiger partial charge in [-0.1, -0.05) is 16.4 Å². The van der Waals surface area contributed by atoms with Crippen molar-refractivity contribution >= 4 is 17.3 Å². The molecule has 0 radical (unpaired) electrons. The molecule has 0 amide bonds. The van der Waals surface area contributed by atoms with Crippen LogP contribution in [0.1, 0.15) is 5.56 Å². The van der Waals surface area contributed by atoms with E-state index in [1.54, 1.807) is 18.2 Å². The molecule has 1 aromatic heterocycles. The third kappa shape index (κ3) is 1.70. The van der Waals surface area contributed by atoms with Gasteiger partial charge in [-0.3, -0.25) is 0 Å². The first-order valence-electron chi connectivity index (χ1n) is 4.84. The van der Waals surface area contributed by atoms with Gasteiger partial charge in [-0.05, 0) is 17.3 Å². The first kappa shape index (κ1) is 10.0. The average molecular weight is 251 g/mol. The summed E-state index contributed by atoms with van der Waals surface area (Å²) in [6.45, 7) is 0.439. The normalized spacial score (nSPS) is 14.4. The molecule has 0 aliphatic carbocycles. The van der Waals surface area contributed by atoms with E-state index in [2.05, 4.69) is 15.3 Å². The molecule has 0 fully saturated rings. The quantitative estimate of drug-likeness (QED) is 0.569. The van der Waals surface area contributed by atoms with Crippen molar-refractivity contribution in [3.8, 4) is 0 Å². The predicted molar refractivity (Wildman–Crippen MR) is 59.1 cm³/mol. The zero-order chi connectivity index (χ0) is 11.8. The van der Waals surface area contributed by atoms with Gasteiger partial charge in [0.1, 0.15) is 11.6 Å². The Hall–Kier alpha value is -2.15. The van der Waals surface area contributed by atoms with Crippen LogP contribution < -0.4 is 5.12 Å². The number of halogens is 1. The summed E-state index contributed by atoms with van der Waals surface area (Å²) < 4.78 is 0. The van der Waals surface area contributed by atoms with Crippen LogP contribution in [0.4, 0.5) is 5.69 Å². The fourth-order valence-corrected chi connectivity index (χ4v) is 1.78. The van der Waals surface area contributed by atoms with Crippen molar-refractivity contribution in [1.82, 2.24) is 14.9 Å². The Labute approximate surface area is 101 Å². The van der Waals surface area contributed by atoms with E-state index in [-0.39, 0.29) is 0 Å². The fraction of sp³-hybridized carbons (Fsp3) is 0.111. The van der Waals surface area contributed by atoms with Crippen LogP contribution in [0, 0.1) is 5.21 Å². The molecule has 0 saturated heterocycles. The van der Waals surface area contributed by atoms with Crippen LogP contribution in [0.5, 0.6) is 0 Å². The minimum absolute atomic E-state index is 0.439. The van der Waals surface area contributed by atoms with Crippen LogP contribution in [0.15, 0.2) is 36.1 Å². The predicted octanol–water partition coefficient (Wildman–Crippen LogP) is 1.59. The second-order valence-electron chi connectivity index (χ2n) is 3.48. The van der Waals surface area contributed by atoms with Gasteiger partial charge in [0.05, 0.1) is 0 Å². The molecule has 8 heteroatoms. The smallest absolute Gasteiger partial charge is 0.166 e. The number of nitrogens with zero attached hydrogens (tertiary/aromatic N) is 6. The average Bonchev–Trinajstić information content (AvgIpc) is 2.83. The van der Waals surface area contributed by atoms with Gasteiger partial charge in [-0.25, -0.2) is 4.98 Å². The molecule has 2 heterocycles. The van der Waals surface area contributed by atoms with E-state index >= 15 is 0 Å². The molecule has 1 aliphatic rings. The Kier molecular flexibility index (Phi) is 2.19. The van der Waals surface area contributed by atoms with E-state index in [0.717, 1.165) is 5.56 Å². The topological polar surface area (TPSA) is 72.4 Å². The monoisotopic (exact) mass is 250 g/mol. The summed E-state index contributed by atoms with van der Waals surface area (Å²) in [5.41, 5.74) is 1.28. The number of hydrogen-bond donors (Lipinski definition) is 0. The summed E-state index contributed by atoms with van der Waals surface area (Å²) in [5.74, 6) is 0. The molecule has 0 spiro atoms. The molecule has 7 nitrogen and oxygen atoms in total. The van der Waals surface area contributed by atoms with Crippen LogP contribution in [-0.2, 0) is 6.54 Å². The Morgan fingerprint density at radius 3 is 3.06 bits per heavy atom. The molecule has 0 N–H and O–H groups in total. The molecule has 3 rings (SSSR count). The van der Waals surface area contributed by atoms with Gasteiger partial charge in [-0.15, -0.1) is 9.96 Å². The van der Waals surface area contributed by atoms with Crippen molar-refractivity contribution in [3.63, 3.8) is 0 Å². The molecule has 2 aromatic rings. The van der Waals surface area contributed by atoms with Gasteiger partial charge in [-0.2, -0.15) is 0 Å². The van der Waals surface area contributed by atoms with E-state index in [1.807, 2.05) is 0 Å². The molecule has 1 aliphatic heterocycles. The minimum Gasteiger partial charge on any atom is -0.691 e. The maximum absolute atomic E-state index is 11.7. The molecule has 0 saturated carbocycles. The Morgan fingerprint density at radius 1 is 1.41 bits per heavy atom. The van der Waals surface area contributed by atoms with E-state index in [0.29, 0.717) is 22.1 Å². The van der Waals surface area contributed by atoms with Crippen molar-refractivity contribution in [1.29, 1.82) is 0 Å². The second-order valence-corrected chi connectivity index (χ2v) is 3.92. The largest absolute Gasteiger partial charge is 0.691 e. The molecule has 17 heavy (non-hydrogen) atoms. The van der Waals surface area contributed by atoms with Crippen molar-refractivity contribution < 1.29 is 4.86 Å². The Morgan fingerprint density at radius 2 is 2.29 bits per heavy atom. The summed E-state index contributed by atoms with van der Waals surface area (Å²) >= 11 is 5.83. The molecule has 86 valence electrons.